The molecule has 2 atom stereocenters. The number of alkyl halides is 1. The summed E-state index contributed by atoms with van der Waals surface area (Å²) in [5.41, 5.74) is 0. The predicted octanol–water partition coefficient (Wildman–Crippen LogP) is 4.05. The van der Waals surface area contributed by atoms with Gasteiger partial charge in [0, 0.05) is 12.6 Å². The predicted molar refractivity (Wildman–Crippen MR) is 71.8 cm³/mol. The van der Waals surface area contributed by atoms with Gasteiger partial charge < -0.3 is 10.00 Å². The van der Waals surface area contributed by atoms with E-state index in [9.17, 15) is 0 Å². The lowest BCUT2D eigenvalue weighted by Crippen LogP contribution is -1.81. The molecule has 0 saturated carbocycles. The van der Waals surface area contributed by atoms with Gasteiger partial charge in [-0.1, -0.05) is 37.9 Å². The van der Waals surface area contributed by atoms with Crippen LogP contribution >= 0.6 is 40.0 Å². The van der Waals surface area contributed by atoms with Gasteiger partial charge in [0.2, 0.25) is 0 Å². The van der Waals surface area contributed by atoms with Crippen LogP contribution in [0.3, 0.4) is 0 Å². The number of hydrogen-bond acceptors (Lipinski definition) is 2. The second-order valence-corrected chi connectivity index (χ2v) is 7.90. The van der Waals surface area contributed by atoms with Crippen molar-refractivity contribution in [2.45, 2.75) is 17.4 Å². The fraction of sp³-hybridized carbons (Fsp3) is 0.400. The highest BCUT2D eigenvalue weighted by molar-refractivity contribution is 9.10. The van der Waals surface area contributed by atoms with Crippen molar-refractivity contribution in [1.29, 1.82) is 0 Å². The Morgan fingerprint density at radius 2 is 2.13 bits per heavy atom. The zero-order chi connectivity index (χ0) is 11.3. The molecule has 5 heteroatoms. The average molecular weight is 356 g/mol. The molecule has 2 N–H and O–H groups in total. The summed E-state index contributed by atoms with van der Waals surface area (Å²) in [4.78, 5) is 9.02. The first kappa shape index (κ1) is 13.4. The molecule has 15 heavy (non-hydrogen) atoms. The first-order valence-electron chi connectivity index (χ1n) is 4.63. The molecule has 0 radical (unpaired) electrons. The van der Waals surface area contributed by atoms with Crippen molar-refractivity contribution < 1.29 is 10.00 Å². The van der Waals surface area contributed by atoms with Crippen molar-refractivity contribution in [3.8, 4) is 5.75 Å². The molecule has 1 saturated heterocycles. The minimum atomic E-state index is -0.610. The van der Waals surface area contributed by atoms with Gasteiger partial charge in [0.15, 0.2) is 0 Å². The van der Waals surface area contributed by atoms with Crippen molar-refractivity contribution in [2.75, 3.05) is 6.16 Å². The second-order valence-electron chi connectivity index (χ2n) is 3.22. The van der Waals surface area contributed by atoms with E-state index in [0.29, 0.717) is 10.3 Å². The van der Waals surface area contributed by atoms with Crippen molar-refractivity contribution in [1.82, 2.24) is 0 Å². The summed E-state index contributed by atoms with van der Waals surface area (Å²) in [6, 6.07) is 6.91. The fourth-order valence-corrected chi connectivity index (χ4v) is 3.78. The smallest absolute Gasteiger partial charge is 0.116 e. The number of aromatic hydroxyl groups is 1. The number of rotatable bonds is 0. The van der Waals surface area contributed by atoms with E-state index in [1.54, 1.807) is 18.2 Å². The Hall–Kier alpha value is 0.370. The lowest BCUT2D eigenvalue weighted by atomic mass is 10.3. The van der Waals surface area contributed by atoms with Gasteiger partial charge in [-0.15, -0.1) is 0 Å². The normalized spacial score (nSPS) is 24.5. The molecular weight excluding hydrogens is 343 g/mol. The topological polar surface area (TPSA) is 40.5 Å². The maximum Gasteiger partial charge on any atom is 0.116 e. The quantitative estimate of drug-likeness (QED) is 0.544. The van der Waals surface area contributed by atoms with Crippen LogP contribution in [0.1, 0.15) is 12.8 Å². The Kier molecular flexibility index (Phi) is 6.13. The zero-order valence-electron chi connectivity index (χ0n) is 8.11. The summed E-state index contributed by atoms with van der Waals surface area (Å²) in [5, 5.41) is 8.78. The lowest BCUT2D eigenvalue weighted by Gasteiger charge is -2.02. The first-order chi connectivity index (χ1) is 7.09. The Bertz CT molecular complexity index is 284. The summed E-state index contributed by atoms with van der Waals surface area (Å²) < 4.78 is 1.35. The van der Waals surface area contributed by atoms with E-state index in [1.165, 1.54) is 12.8 Å². The number of benzene rings is 1. The van der Waals surface area contributed by atoms with Crippen LogP contribution in [0.4, 0.5) is 0 Å². The van der Waals surface area contributed by atoms with Crippen LogP contribution in [0, 0.1) is 0 Å². The van der Waals surface area contributed by atoms with Gasteiger partial charge >= 0.3 is 0 Å². The summed E-state index contributed by atoms with van der Waals surface area (Å²) in [5.74, 6) is 0.291. The Morgan fingerprint density at radius 1 is 1.40 bits per heavy atom. The Morgan fingerprint density at radius 3 is 2.40 bits per heavy atom. The molecule has 0 amide bonds. The zero-order valence-corrected chi connectivity index (χ0v) is 12.2. The molecule has 1 heterocycles. The van der Waals surface area contributed by atoms with E-state index in [1.807, 2.05) is 6.07 Å². The standard InChI is InChI=1S/C6H5BrO.C4H8BrOP/c7-5-2-1-3-6(8)4-5;5-4-2-1-3-7(4)6/h1-4,8H;4,6H,1-3H2. The van der Waals surface area contributed by atoms with Crippen molar-refractivity contribution in [3.05, 3.63) is 28.7 Å². The van der Waals surface area contributed by atoms with Crippen LogP contribution in [0.25, 0.3) is 0 Å². The van der Waals surface area contributed by atoms with Crippen LogP contribution in [0.15, 0.2) is 28.7 Å². The molecule has 0 spiro atoms. The van der Waals surface area contributed by atoms with Crippen molar-refractivity contribution >= 4 is 40.0 Å². The second kappa shape index (κ2) is 6.85. The lowest BCUT2D eigenvalue weighted by molar-refractivity contribution is 0.475. The third-order valence-corrected chi connectivity index (χ3v) is 6.01. The Balaban J connectivity index is 0.000000151. The monoisotopic (exact) mass is 354 g/mol. The SMILES string of the molecule is OP1CCCC1Br.Oc1cccc(Br)c1. The molecule has 0 aliphatic carbocycles. The highest BCUT2D eigenvalue weighted by Crippen LogP contribution is 2.48. The van der Waals surface area contributed by atoms with Crippen LogP contribution in [0.2, 0.25) is 0 Å². The van der Waals surface area contributed by atoms with E-state index in [2.05, 4.69) is 31.9 Å². The number of phenolic OH excluding ortho intramolecular Hbond substituents is 1. The molecule has 1 aliphatic rings. The highest BCUT2D eigenvalue weighted by Gasteiger charge is 2.21. The molecule has 2 nitrogen and oxygen atoms in total. The van der Waals surface area contributed by atoms with Crippen LogP contribution < -0.4 is 0 Å². The molecule has 0 bridgehead atoms. The minimum Gasteiger partial charge on any atom is -0.508 e. The first-order valence-corrected chi connectivity index (χ1v) is 7.89. The van der Waals surface area contributed by atoms with Crippen LogP contribution in [-0.2, 0) is 0 Å². The van der Waals surface area contributed by atoms with Gasteiger partial charge in [-0.3, -0.25) is 0 Å². The number of phenols is 1. The van der Waals surface area contributed by atoms with Gasteiger partial charge in [0.1, 0.15) is 5.75 Å². The average Bonchev–Trinajstić information content (AvgIpc) is 2.51. The molecule has 1 fully saturated rings. The van der Waals surface area contributed by atoms with Gasteiger partial charge in [-0.2, -0.15) is 0 Å². The molecule has 2 rings (SSSR count). The maximum absolute atomic E-state index is 9.02. The van der Waals surface area contributed by atoms with E-state index in [-0.39, 0.29) is 0 Å². The molecule has 1 aliphatic heterocycles. The van der Waals surface area contributed by atoms with Crippen molar-refractivity contribution in [3.63, 3.8) is 0 Å². The summed E-state index contributed by atoms with van der Waals surface area (Å²) in [7, 11) is -0.610. The summed E-state index contributed by atoms with van der Waals surface area (Å²) in [6.45, 7) is 0. The van der Waals surface area contributed by atoms with Crippen LogP contribution in [-0.4, -0.2) is 20.7 Å². The van der Waals surface area contributed by atoms with Gasteiger partial charge in [0.05, 0.1) is 4.57 Å². The molecule has 1 aromatic carbocycles. The number of hydrogen-bond donors (Lipinski definition) is 2. The van der Waals surface area contributed by atoms with E-state index in [4.69, 9.17) is 10.00 Å². The molecule has 0 aromatic heterocycles. The largest absolute Gasteiger partial charge is 0.508 e. The van der Waals surface area contributed by atoms with Gasteiger partial charge in [-0.05, 0) is 37.2 Å². The third-order valence-electron chi connectivity index (χ3n) is 1.96. The maximum atomic E-state index is 9.02. The number of halogens is 2. The van der Waals surface area contributed by atoms with Crippen molar-refractivity contribution in [2.24, 2.45) is 0 Å². The third kappa shape index (κ3) is 5.30. The van der Waals surface area contributed by atoms with E-state index in [0.717, 1.165) is 10.6 Å². The van der Waals surface area contributed by atoms with Crippen LogP contribution in [0.5, 0.6) is 5.75 Å². The molecule has 1 aromatic rings. The summed E-state index contributed by atoms with van der Waals surface area (Å²) in [6.07, 6.45) is 3.42. The van der Waals surface area contributed by atoms with Gasteiger partial charge in [0.25, 0.3) is 0 Å². The highest BCUT2D eigenvalue weighted by atomic mass is 79.9. The fourth-order valence-electron chi connectivity index (χ4n) is 1.19. The molecule has 2 unspecified atom stereocenters. The minimum absolute atomic E-state index is 0.291. The van der Waals surface area contributed by atoms with E-state index < -0.39 is 8.15 Å². The molecule has 84 valence electrons. The van der Waals surface area contributed by atoms with E-state index >= 15 is 0 Å². The van der Waals surface area contributed by atoms with Gasteiger partial charge in [-0.25, -0.2) is 0 Å². The Labute approximate surface area is 108 Å². The summed E-state index contributed by atoms with van der Waals surface area (Å²) >= 11 is 6.58. The molecular formula is C10H13Br2O2P.